The summed E-state index contributed by atoms with van der Waals surface area (Å²) in [7, 11) is 0. The number of benzene rings is 1. The molecule has 1 aromatic carbocycles. The maximum Gasteiger partial charge on any atom is 0.338 e. The third-order valence-corrected chi connectivity index (χ3v) is 5.09. The van der Waals surface area contributed by atoms with Crippen LogP contribution >= 0.6 is 11.8 Å². The van der Waals surface area contributed by atoms with E-state index in [2.05, 4.69) is 19.2 Å². The number of hydrogen-bond donors (Lipinski definition) is 1. The van der Waals surface area contributed by atoms with Crippen LogP contribution in [0.25, 0.3) is 0 Å². The second-order valence-electron chi connectivity index (χ2n) is 6.40. The summed E-state index contributed by atoms with van der Waals surface area (Å²) < 4.78 is 11.1. The van der Waals surface area contributed by atoms with Crippen LogP contribution in [-0.4, -0.2) is 30.1 Å². The number of esters is 1. The summed E-state index contributed by atoms with van der Waals surface area (Å²) in [5, 5.41) is 4.08. The zero-order chi connectivity index (χ0) is 19.1. The van der Waals surface area contributed by atoms with Crippen LogP contribution in [0.2, 0.25) is 0 Å². The van der Waals surface area contributed by atoms with Crippen molar-refractivity contribution in [1.29, 1.82) is 0 Å². The maximum atomic E-state index is 12.6. The number of rotatable bonds is 7. The zero-order valence-corrected chi connectivity index (χ0v) is 17.0. The number of ether oxygens (including phenoxy) is 2. The number of allylic oxidation sites excluding steroid dienone is 1. The molecule has 0 spiro atoms. The van der Waals surface area contributed by atoms with Crippen molar-refractivity contribution in [1.82, 2.24) is 5.32 Å². The Morgan fingerprint density at radius 1 is 1.27 bits per heavy atom. The standard InChI is InChI=1S/C20H28N2O3S/c1-6-24-16-11-9-8-10-15(16)18-17(19(23)25-7-2)14(5)21-20(22-18)26-12-13(3)4/h8-11,13,18H,6-7,12H2,1-5H3,(H,21,22)/t18-/m1/s1. The molecule has 2 rings (SSSR count). The maximum absolute atomic E-state index is 12.6. The second-order valence-corrected chi connectivity index (χ2v) is 7.41. The van der Waals surface area contributed by atoms with Gasteiger partial charge in [0.1, 0.15) is 11.8 Å². The SMILES string of the molecule is CCOC(=O)C1=C(C)NC(SCC(C)C)=N[C@@H]1c1ccccc1OCC. The van der Waals surface area contributed by atoms with Gasteiger partial charge in [0.05, 0.1) is 18.8 Å². The molecular formula is C20H28N2O3S. The third kappa shape index (κ3) is 5.04. The van der Waals surface area contributed by atoms with Gasteiger partial charge in [-0.1, -0.05) is 43.8 Å². The van der Waals surface area contributed by atoms with Crippen LogP contribution in [0.5, 0.6) is 5.75 Å². The highest BCUT2D eigenvalue weighted by Gasteiger charge is 2.32. The minimum absolute atomic E-state index is 0.327. The molecule has 0 saturated carbocycles. The second kappa shape index (κ2) is 9.67. The first kappa shape index (κ1) is 20.4. The molecule has 0 amide bonds. The molecule has 1 aliphatic heterocycles. The third-order valence-electron chi connectivity index (χ3n) is 3.78. The van der Waals surface area contributed by atoms with Gasteiger partial charge in [0.15, 0.2) is 5.17 Å². The fourth-order valence-electron chi connectivity index (χ4n) is 2.66. The van der Waals surface area contributed by atoms with E-state index in [0.717, 1.165) is 27.9 Å². The molecule has 1 atom stereocenters. The summed E-state index contributed by atoms with van der Waals surface area (Å²) in [5.74, 6) is 1.90. The number of carbonyl (C=O) groups excluding carboxylic acids is 1. The van der Waals surface area contributed by atoms with Gasteiger partial charge in [-0.2, -0.15) is 0 Å². The molecule has 1 aromatic rings. The van der Waals surface area contributed by atoms with Crippen molar-refractivity contribution in [2.24, 2.45) is 10.9 Å². The lowest BCUT2D eigenvalue weighted by Gasteiger charge is -2.27. The molecule has 0 aliphatic carbocycles. The minimum atomic E-state index is -0.437. The predicted molar refractivity (Wildman–Crippen MR) is 108 cm³/mol. The number of hydrogen-bond acceptors (Lipinski definition) is 6. The number of carbonyl (C=O) groups is 1. The first-order valence-electron chi connectivity index (χ1n) is 9.05. The molecule has 0 bridgehead atoms. The molecule has 1 N–H and O–H groups in total. The average Bonchev–Trinajstić information content (AvgIpc) is 2.60. The highest BCUT2D eigenvalue weighted by molar-refractivity contribution is 8.13. The van der Waals surface area contributed by atoms with Crippen molar-refractivity contribution in [3.8, 4) is 5.75 Å². The Morgan fingerprint density at radius 2 is 2.00 bits per heavy atom. The van der Waals surface area contributed by atoms with Gasteiger partial charge in [-0.15, -0.1) is 0 Å². The van der Waals surface area contributed by atoms with Crippen molar-refractivity contribution >= 4 is 22.9 Å². The molecule has 26 heavy (non-hydrogen) atoms. The van der Waals surface area contributed by atoms with Crippen molar-refractivity contribution in [2.45, 2.75) is 40.7 Å². The van der Waals surface area contributed by atoms with Gasteiger partial charge in [-0.05, 0) is 32.8 Å². The Morgan fingerprint density at radius 3 is 2.65 bits per heavy atom. The molecule has 0 saturated heterocycles. The highest BCUT2D eigenvalue weighted by atomic mass is 32.2. The van der Waals surface area contributed by atoms with E-state index in [1.807, 2.05) is 38.1 Å². The lowest BCUT2D eigenvalue weighted by molar-refractivity contribution is -0.138. The van der Waals surface area contributed by atoms with Gasteiger partial charge in [-0.3, -0.25) is 0 Å². The summed E-state index contributed by atoms with van der Waals surface area (Å²) in [6.07, 6.45) is 0. The highest BCUT2D eigenvalue weighted by Crippen LogP contribution is 2.37. The summed E-state index contributed by atoms with van der Waals surface area (Å²) in [5.41, 5.74) is 2.19. The molecule has 0 radical (unpaired) electrons. The van der Waals surface area contributed by atoms with Crippen LogP contribution < -0.4 is 10.1 Å². The Hall–Kier alpha value is -1.95. The van der Waals surface area contributed by atoms with Crippen molar-refractivity contribution in [3.05, 3.63) is 41.1 Å². The number of para-hydroxylation sites is 1. The predicted octanol–water partition coefficient (Wildman–Crippen LogP) is 4.31. The molecule has 0 unspecified atom stereocenters. The van der Waals surface area contributed by atoms with Crippen LogP contribution in [0.4, 0.5) is 0 Å². The number of nitrogens with one attached hydrogen (secondary N) is 1. The van der Waals surface area contributed by atoms with E-state index in [1.54, 1.807) is 18.7 Å². The van der Waals surface area contributed by atoms with E-state index in [-0.39, 0.29) is 5.97 Å². The van der Waals surface area contributed by atoms with Crippen molar-refractivity contribution in [2.75, 3.05) is 19.0 Å². The molecule has 5 nitrogen and oxygen atoms in total. The summed E-state index contributed by atoms with van der Waals surface area (Å²) in [6.45, 7) is 10.9. The Balaban J connectivity index is 2.45. The summed E-state index contributed by atoms with van der Waals surface area (Å²) in [4.78, 5) is 17.4. The quantitative estimate of drug-likeness (QED) is 0.719. The molecule has 142 valence electrons. The summed E-state index contributed by atoms with van der Waals surface area (Å²) >= 11 is 1.67. The number of nitrogens with zero attached hydrogens (tertiary/aromatic N) is 1. The van der Waals surface area contributed by atoms with Gasteiger partial charge in [-0.25, -0.2) is 9.79 Å². The largest absolute Gasteiger partial charge is 0.494 e. The molecular weight excluding hydrogens is 348 g/mol. The van der Waals surface area contributed by atoms with Gasteiger partial charge in [0, 0.05) is 17.0 Å². The van der Waals surface area contributed by atoms with Gasteiger partial charge >= 0.3 is 5.97 Å². The molecule has 6 heteroatoms. The Bertz CT molecular complexity index is 698. The van der Waals surface area contributed by atoms with E-state index >= 15 is 0 Å². The van der Waals surface area contributed by atoms with E-state index in [0.29, 0.717) is 24.7 Å². The number of amidine groups is 1. The van der Waals surface area contributed by atoms with Crippen LogP contribution in [0.3, 0.4) is 0 Å². The molecule has 1 heterocycles. The van der Waals surface area contributed by atoms with E-state index in [9.17, 15) is 4.79 Å². The topological polar surface area (TPSA) is 59.9 Å². The molecule has 1 aliphatic rings. The smallest absolute Gasteiger partial charge is 0.338 e. The van der Waals surface area contributed by atoms with Gasteiger partial charge in [0.25, 0.3) is 0 Å². The molecule has 0 fully saturated rings. The van der Waals surface area contributed by atoms with Crippen molar-refractivity contribution in [3.63, 3.8) is 0 Å². The number of aliphatic imine (C=N–C) groups is 1. The normalized spacial score (nSPS) is 17.0. The monoisotopic (exact) mass is 376 g/mol. The van der Waals surface area contributed by atoms with E-state index in [4.69, 9.17) is 14.5 Å². The van der Waals surface area contributed by atoms with Crippen LogP contribution in [0.1, 0.15) is 46.2 Å². The summed E-state index contributed by atoms with van der Waals surface area (Å²) in [6, 6.07) is 7.30. The van der Waals surface area contributed by atoms with Gasteiger partial charge < -0.3 is 14.8 Å². The van der Waals surface area contributed by atoms with Crippen LogP contribution in [0, 0.1) is 5.92 Å². The Labute approximate surface area is 160 Å². The lowest BCUT2D eigenvalue weighted by Crippen LogP contribution is -2.31. The van der Waals surface area contributed by atoms with Crippen molar-refractivity contribution < 1.29 is 14.3 Å². The fourth-order valence-corrected chi connectivity index (χ4v) is 3.55. The first-order valence-corrected chi connectivity index (χ1v) is 10.0. The minimum Gasteiger partial charge on any atom is -0.494 e. The lowest BCUT2D eigenvalue weighted by atomic mass is 9.96. The van der Waals surface area contributed by atoms with Crippen LogP contribution in [0.15, 0.2) is 40.5 Å². The average molecular weight is 377 g/mol. The zero-order valence-electron chi connectivity index (χ0n) is 16.2. The van der Waals surface area contributed by atoms with Crippen LogP contribution in [-0.2, 0) is 9.53 Å². The first-order chi connectivity index (χ1) is 12.5. The van der Waals surface area contributed by atoms with Gasteiger partial charge in [0.2, 0.25) is 0 Å². The van der Waals surface area contributed by atoms with E-state index in [1.165, 1.54) is 0 Å². The fraction of sp³-hybridized carbons (Fsp3) is 0.500. The number of thioether (sulfide) groups is 1. The van der Waals surface area contributed by atoms with E-state index < -0.39 is 6.04 Å². The molecule has 0 aromatic heterocycles. The Kier molecular flexibility index (Phi) is 7.57.